The van der Waals surface area contributed by atoms with Crippen LogP contribution < -0.4 is 5.32 Å². The summed E-state index contributed by atoms with van der Waals surface area (Å²) in [5.41, 5.74) is 1.09. The number of fused-ring (bicyclic) bond motifs is 2. The summed E-state index contributed by atoms with van der Waals surface area (Å²) in [6.07, 6.45) is 8.41. The molecule has 0 saturated heterocycles. The molecule has 2 N–H and O–H groups in total. The Morgan fingerprint density at radius 3 is 2.69 bits per heavy atom. The summed E-state index contributed by atoms with van der Waals surface area (Å²) in [4.78, 5) is 13.0. The molecule has 6 heteroatoms. The third kappa shape index (κ3) is 5.14. The average Bonchev–Trinajstić information content (AvgIpc) is 3.35. The van der Waals surface area contributed by atoms with Gasteiger partial charge in [-0.05, 0) is 67.7 Å². The molecule has 4 rings (SSSR count). The maximum Gasteiger partial charge on any atom is 0.286 e. The zero-order valence-corrected chi connectivity index (χ0v) is 17.4. The number of halogens is 1. The van der Waals surface area contributed by atoms with Crippen LogP contribution in [0.5, 0.6) is 0 Å². The van der Waals surface area contributed by atoms with Gasteiger partial charge < -0.3 is 19.9 Å². The predicted molar refractivity (Wildman–Crippen MR) is 111 cm³/mol. The fourth-order valence-electron chi connectivity index (χ4n) is 4.95. The highest BCUT2D eigenvalue weighted by molar-refractivity contribution is 6.30. The molecule has 158 valence electrons. The fourth-order valence-corrected chi connectivity index (χ4v) is 5.08. The number of aliphatic hydroxyl groups is 1. The predicted octanol–water partition coefficient (Wildman–Crippen LogP) is 4.15. The molecule has 1 amide bonds. The zero-order valence-electron chi connectivity index (χ0n) is 16.7. The van der Waals surface area contributed by atoms with Gasteiger partial charge in [0.2, 0.25) is 6.29 Å². The van der Waals surface area contributed by atoms with Crippen molar-refractivity contribution in [3.63, 3.8) is 0 Å². The lowest BCUT2D eigenvalue weighted by atomic mass is 9.92. The van der Waals surface area contributed by atoms with Crippen molar-refractivity contribution in [3.05, 3.63) is 46.7 Å². The summed E-state index contributed by atoms with van der Waals surface area (Å²) in [7, 11) is 0. The van der Waals surface area contributed by atoms with Gasteiger partial charge in [0.15, 0.2) is 5.76 Å². The maximum absolute atomic E-state index is 13.0. The van der Waals surface area contributed by atoms with E-state index in [2.05, 4.69) is 5.32 Å². The summed E-state index contributed by atoms with van der Waals surface area (Å²) < 4.78 is 11.8. The van der Waals surface area contributed by atoms with E-state index in [4.69, 9.17) is 26.2 Å². The second kappa shape index (κ2) is 9.50. The molecular formula is C23H30ClNO4. The second-order valence-electron chi connectivity index (χ2n) is 8.53. The molecular weight excluding hydrogens is 390 g/mol. The van der Waals surface area contributed by atoms with E-state index in [9.17, 15) is 4.79 Å². The standard InChI is InChI=1S/C23H30ClNO4/c24-19-7-5-16(6-8-19)18-13-21(29-22(14-18)28-10-2-1-9-26)23(27)25-20-12-15-3-4-17(20)11-15/h5-8,13,15,17-18,20,22,26H,1-4,9-12,14H2,(H,25,27)/t15?,17?,18-,20?,22+/m1/s1. The number of nitrogens with one attached hydrogen (secondary N) is 1. The topological polar surface area (TPSA) is 67.8 Å². The van der Waals surface area contributed by atoms with Gasteiger partial charge in [-0.1, -0.05) is 30.2 Å². The quantitative estimate of drug-likeness (QED) is 0.621. The first kappa shape index (κ1) is 20.7. The van der Waals surface area contributed by atoms with Crippen molar-refractivity contribution < 1.29 is 19.4 Å². The van der Waals surface area contributed by atoms with Gasteiger partial charge in [0.25, 0.3) is 5.91 Å². The minimum absolute atomic E-state index is 0.0321. The number of carbonyl (C=O) groups excluding carboxylic acids is 1. The minimum Gasteiger partial charge on any atom is -0.459 e. The monoisotopic (exact) mass is 419 g/mol. The van der Waals surface area contributed by atoms with Gasteiger partial charge in [0.05, 0.1) is 6.61 Å². The highest BCUT2D eigenvalue weighted by Crippen LogP contribution is 2.44. The number of benzene rings is 1. The van der Waals surface area contributed by atoms with Crippen molar-refractivity contribution in [2.24, 2.45) is 11.8 Å². The summed E-state index contributed by atoms with van der Waals surface area (Å²) in [6.45, 7) is 0.652. The number of unbranched alkanes of at least 4 members (excludes halogenated alkanes) is 1. The van der Waals surface area contributed by atoms with E-state index in [0.29, 0.717) is 36.1 Å². The van der Waals surface area contributed by atoms with Crippen molar-refractivity contribution in [1.82, 2.24) is 5.32 Å². The van der Waals surface area contributed by atoms with Crippen molar-refractivity contribution in [2.45, 2.75) is 63.2 Å². The average molecular weight is 420 g/mol. The second-order valence-corrected chi connectivity index (χ2v) is 8.96. The zero-order chi connectivity index (χ0) is 20.2. The van der Waals surface area contributed by atoms with E-state index in [0.717, 1.165) is 24.3 Å². The number of hydrogen-bond donors (Lipinski definition) is 2. The first-order valence-corrected chi connectivity index (χ1v) is 11.2. The molecule has 2 fully saturated rings. The Balaban J connectivity index is 1.44. The largest absolute Gasteiger partial charge is 0.459 e. The van der Waals surface area contributed by atoms with Gasteiger partial charge >= 0.3 is 0 Å². The van der Waals surface area contributed by atoms with E-state index >= 15 is 0 Å². The molecule has 0 radical (unpaired) electrons. The molecule has 3 aliphatic rings. The van der Waals surface area contributed by atoms with Crippen molar-refractivity contribution in [1.29, 1.82) is 0 Å². The van der Waals surface area contributed by atoms with E-state index in [1.165, 1.54) is 19.3 Å². The van der Waals surface area contributed by atoms with Gasteiger partial charge in [-0.2, -0.15) is 0 Å². The Hall–Kier alpha value is -1.56. The van der Waals surface area contributed by atoms with E-state index in [1.54, 1.807) is 0 Å². The van der Waals surface area contributed by atoms with Crippen LogP contribution in [0.1, 0.15) is 56.4 Å². The van der Waals surface area contributed by atoms with Crippen LogP contribution in [0.15, 0.2) is 36.1 Å². The van der Waals surface area contributed by atoms with Crippen LogP contribution in [0, 0.1) is 11.8 Å². The number of hydrogen-bond acceptors (Lipinski definition) is 4. The van der Waals surface area contributed by atoms with Crippen LogP contribution in [0.2, 0.25) is 5.02 Å². The fraction of sp³-hybridized carbons (Fsp3) is 0.609. The van der Waals surface area contributed by atoms with E-state index < -0.39 is 6.29 Å². The van der Waals surface area contributed by atoms with Crippen LogP contribution in [0.3, 0.4) is 0 Å². The molecule has 29 heavy (non-hydrogen) atoms. The molecule has 2 aliphatic carbocycles. The van der Waals surface area contributed by atoms with Gasteiger partial charge in [-0.3, -0.25) is 4.79 Å². The SMILES string of the molecule is O=C(NC1CC2CCC1C2)C1=C[C@@H](c2ccc(Cl)cc2)C[C@@H](OCCCCO)O1. The molecule has 5 nitrogen and oxygen atoms in total. The lowest BCUT2D eigenvalue weighted by Gasteiger charge is -2.30. The normalized spacial score (nSPS) is 30.7. The molecule has 2 saturated carbocycles. The molecule has 1 heterocycles. The Kier molecular flexibility index (Phi) is 6.78. The first-order chi connectivity index (χ1) is 14.1. The highest BCUT2D eigenvalue weighted by atomic mass is 35.5. The third-order valence-electron chi connectivity index (χ3n) is 6.49. The van der Waals surface area contributed by atoms with Gasteiger partial charge in [-0.25, -0.2) is 0 Å². The van der Waals surface area contributed by atoms with Gasteiger partial charge in [-0.15, -0.1) is 0 Å². The van der Waals surface area contributed by atoms with Gasteiger partial charge in [0, 0.05) is 30.0 Å². The van der Waals surface area contributed by atoms with Crippen LogP contribution >= 0.6 is 11.6 Å². The third-order valence-corrected chi connectivity index (χ3v) is 6.74. The summed E-state index contributed by atoms with van der Waals surface area (Å²) in [6, 6.07) is 7.98. The summed E-state index contributed by atoms with van der Waals surface area (Å²) in [5, 5.41) is 12.9. The number of amides is 1. The maximum atomic E-state index is 13.0. The molecule has 0 spiro atoms. The Morgan fingerprint density at radius 1 is 1.17 bits per heavy atom. The number of carbonyl (C=O) groups is 1. The van der Waals surface area contributed by atoms with Crippen molar-refractivity contribution in [3.8, 4) is 0 Å². The Morgan fingerprint density at radius 2 is 2.00 bits per heavy atom. The first-order valence-electron chi connectivity index (χ1n) is 10.8. The lowest BCUT2D eigenvalue weighted by molar-refractivity contribution is -0.147. The molecule has 1 aliphatic heterocycles. The van der Waals surface area contributed by atoms with E-state index in [-0.39, 0.29) is 24.5 Å². The van der Waals surface area contributed by atoms with Crippen molar-refractivity contribution in [2.75, 3.05) is 13.2 Å². The smallest absolute Gasteiger partial charge is 0.286 e. The molecule has 3 unspecified atom stereocenters. The minimum atomic E-state index is -0.472. The van der Waals surface area contributed by atoms with Crippen LogP contribution in [0.25, 0.3) is 0 Å². The molecule has 5 atom stereocenters. The Labute approximate surface area is 177 Å². The number of allylic oxidation sites excluding steroid dienone is 1. The van der Waals surface area contributed by atoms with Crippen LogP contribution in [-0.4, -0.2) is 36.6 Å². The number of ether oxygens (including phenoxy) is 2. The lowest BCUT2D eigenvalue weighted by Crippen LogP contribution is -2.41. The molecule has 2 bridgehead atoms. The van der Waals surface area contributed by atoms with Gasteiger partial charge in [0.1, 0.15) is 0 Å². The Bertz CT molecular complexity index is 735. The van der Waals surface area contributed by atoms with Crippen molar-refractivity contribution >= 4 is 17.5 Å². The molecule has 1 aromatic rings. The number of aliphatic hydroxyl groups excluding tert-OH is 1. The summed E-state index contributed by atoms with van der Waals surface area (Å²) in [5.74, 6) is 1.64. The summed E-state index contributed by atoms with van der Waals surface area (Å²) >= 11 is 6.03. The number of rotatable bonds is 8. The molecule has 1 aromatic carbocycles. The van der Waals surface area contributed by atoms with Crippen LogP contribution in [0.4, 0.5) is 0 Å². The highest BCUT2D eigenvalue weighted by Gasteiger charge is 2.41. The van der Waals surface area contributed by atoms with Crippen LogP contribution in [-0.2, 0) is 14.3 Å². The molecule has 0 aromatic heterocycles. The van der Waals surface area contributed by atoms with E-state index in [1.807, 2.05) is 30.3 Å².